The molecule has 0 saturated carbocycles. The molecule has 1 aliphatic rings. The van der Waals surface area contributed by atoms with E-state index in [1.165, 1.54) is 17.7 Å². The van der Waals surface area contributed by atoms with E-state index in [4.69, 9.17) is 0 Å². The van der Waals surface area contributed by atoms with Crippen LogP contribution < -0.4 is 5.32 Å². The van der Waals surface area contributed by atoms with E-state index >= 15 is 0 Å². The van der Waals surface area contributed by atoms with E-state index in [0.29, 0.717) is 6.54 Å². The molecule has 1 saturated heterocycles. The van der Waals surface area contributed by atoms with Crippen LogP contribution in [0.25, 0.3) is 0 Å². The Morgan fingerprint density at radius 2 is 2.00 bits per heavy atom. The maximum atomic E-state index is 13.8. The molecular formula is C19H21FN2O2. The van der Waals surface area contributed by atoms with Gasteiger partial charge in [-0.3, -0.25) is 9.69 Å². The first-order valence-corrected chi connectivity index (χ1v) is 8.08. The summed E-state index contributed by atoms with van der Waals surface area (Å²) >= 11 is 0. The number of hydrogen-bond donors (Lipinski definition) is 2. The molecule has 0 spiro atoms. The van der Waals surface area contributed by atoms with Gasteiger partial charge in [-0.1, -0.05) is 37.3 Å². The second-order valence-electron chi connectivity index (χ2n) is 6.42. The summed E-state index contributed by atoms with van der Waals surface area (Å²) in [6.45, 7) is 4.34. The Morgan fingerprint density at radius 3 is 2.71 bits per heavy atom. The average Bonchev–Trinajstić information content (AvgIpc) is 2.91. The summed E-state index contributed by atoms with van der Waals surface area (Å²) in [5.74, 6) is -0.942. The number of anilines is 1. The minimum atomic E-state index is -0.629. The number of carbonyl (C=O) groups is 1. The fraction of sp³-hybridized carbons (Fsp3) is 0.316. The quantitative estimate of drug-likeness (QED) is 0.847. The van der Waals surface area contributed by atoms with Crippen LogP contribution >= 0.6 is 0 Å². The van der Waals surface area contributed by atoms with Crippen LogP contribution in [0.4, 0.5) is 10.1 Å². The van der Waals surface area contributed by atoms with Gasteiger partial charge >= 0.3 is 0 Å². The highest BCUT2D eigenvalue weighted by molar-refractivity contribution is 5.93. The summed E-state index contributed by atoms with van der Waals surface area (Å²) in [5.41, 5.74) is 1.32. The fourth-order valence-electron chi connectivity index (χ4n) is 3.21. The first-order chi connectivity index (χ1) is 11.5. The molecule has 1 fully saturated rings. The van der Waals surface area contributed by atoms with Crippen molar-refractivity contribution < 1.29 is 14.3 Å². The molecule has 4 nitrogen and oxygen atoms in total. The number of amides is 1. The van der Waals surface area contributed by atoms with Crippen molar-refractivity contribution in [2.75, 3.05) is 18.4 Å². The predicted molar refractivity (Wildman–Crippen MR) is 91.1 cm³/mol. The number of nitrogens with one attached hydrogen (secondary N) is 1. The van der Waals surface area contributed by atoms with Gasteiger partial charge in [0.2, 0.25) is 5.91 Å². The number of carbonyl (C=O) groups excluding carboxylic acids is 1. The summed E-state index contributed by atoms with van der Waals surface area (Å²) in [4.78, 5) is 14.7. The van der Waals surface area contributed by atoms with Crippen LogP contribution in [-0.2, 0) is 11.3 Å². The predicted octanol–water partition coefficient (Wildman–Crippen LogP) is 3.24. The monoisotopic (exact) mass is 328 g/mol. The zero-order valence-electron chi connectivity index (χ0n) is 13.6. The molecule has 1 heterocycles. The second kappa shape index (κ2) is 7.01. The first kappa shape index (κ1) is 16.5. The standard InChI is InChI=1S/C19H21FN2O2/c1-13-10-22(11-14-5-3-2-4-6-14)12-16(13)19(24)21-18-8-7-15(23)9-17(18)20/h2-9,13,16,23H,10-12H2,1H3,(H,21,24)/t13-,16-/m1/s1. The van der Waals surface area contributed by atoms with Crippen molar-refractivity contribution >= 4 is 11.6 Å². The molecule has 0 aromatic heterocycles. The van der Waals surface area contributed by atoms with E-state index in [9.17, 15) is 14.3 Å². The van der Waals surface area contributed by atoms with Crippen LogP contribution in [0, 0.1) is 17.7 Å². The molecule has 1 amide bonds. The number of rotatable bonds is 4. The zero-order valence-corrected chi connectivity index (χ0v) is 13.6. The lowest BCUT2D eigenvalue weighted by Gasteiger charge is -2.16. The summed E-state index contributed by atoms with van der Waals surface area (Å²) in [5, 5.41) is 11.9. The smallest absolute Gasteiger partial charge is 0.229 e. The van der Waals surface area contributed by atoms with E-state index < -0.39 is 5.82 Å². The SMILES string of the molecule is C[C@@H]1CN(Cc2ccccc2)C[C@H]1C(=O)Nc1ccc(O)cc1F. The van der Waals surface area contributed by atoms with Crippen molar-refractivity contribution in [3.05, 3.63) is 59.9 Å². The number of hydrogen-bond acceptors (Lipinski definition) is 3. The van der Waals surface area contributed by atoms with Gasteiger partial charge in [0.15, 0.2) is 0 Å². The summed E-state index contributed by atoms with van der Waals surface area (Å²) < 4.78 is 13.8. The molecule has 0 radical (unpaired) electrons. The second-order valence-corrected chi connectivity index (χ2v) is 6.42. The summed E-state index contributed by atoms with van der Waals surface area (Å²) in [6, 6.07) is 13.9. The normalized spacial score (nSPS) is 20.9. The van der Waals surface area contributed by atoms with Crippen molar-refractivity contribution in [1.82, 2.24) is 4.90 Å². The molecule has 126 valence electrons. The van der Waals surface area contributed by atoms with E-state index in [2.05, 4.69) is 22.3 Å². The highest BCUT2D eigenvalue weighted by Gasteiger charge is 2.34. The maximum absolute atomic E-state index is 13.8. The number of nitrogens with zero attached hydrogens (tertiary/aromatic N) is 1. The van der Waals surface area contributed by atoms with Gasteiger partial charge in [0.25, 0.3) is 0 Å². The van der Waals surface area contributed by atoms with E-state index in [1.54, 1.807) is 0 Å². The average molecular weight is 328 g/mol. The Hall–Kier alpha value is -2.40. The van der Waals surface area contributed by atoms with Crippen LogP contribution in [0.3, 0.4) is 0 Å². The summed E-state index contributed by atoms with van der Waals surface area (Å²) in [7, 11) is 0. The number of aromatic hydroxyl groups is 1. The van der Waals surface area contributed by atoms with Gasteiger partial charge < -0.3 is 10.4 Å². The van der Waals surface area contributed by atoms with E-state index in [0.717, 1.165) is 19.2 Å². The van der Waals surface area contributed by atoms with Crippen LogP contribution in [0.2, 0.25) is 0 Å². The van der Waals surface area contributed by atoms with Gasteiger partial charge in [0, 0.05) is 25.7 Å². The molecule has 2 atom stereocenters. The first-order valence-electron chi connectivity index (χ1n) is 8.08. The van der Waals surface area contributed by atoms with Crippen LogP contribution in [0.15, 0.2) is 48.5 Å². The van der Waals surface area contributed by atoms with Gasteiger partial charge in [-0.2, -0.15) is 0 Å². The summed E-state index contributed by atoms with van der Waals surface area (Å²) in [6.07, 6.45) is 0. The van der Waals surface area contributed by atoms with Crippen molar-refractivity contribution in [1.29, 1.82) is 0 Å². The minimum absolute atomic E-state index is 0.103. The molecule has 0 bridgehead atoms. The molecule has 5 heteroatoms. The topological polar surface area (TPSA) is 52.6 Å². The van der Waals surface area contributed by atoms with E-state index in [1.807, 2.05) is 25.1 Å². The lowest BCUT2D eigenvalue weighted by molar-refractivity contribution is -0.120. The van der Waals surface area contributed by atoms with Crippen LogP contribution in [-0.4, -0.2) is 29.0 Å². The van der Waals surface area contributed by atoms with Crippen molar-refractivity contribution in [3.63, 3.8) is 0 Å². The molecular weight excluding hydrogens is 307 g/mol. The number of likely N-dealkylation sites (tertiary alicyclic amines) is 1. The largest absolute Gasteiger partial charge is 0.508 e. The van der Waals surface area contributed by atoms with Gasteiger partial charge in [0.05, 0.1) is 11.6 Å². The van der Waals surface area contributed by atoms with Gasteiger partial charge in [-0.25, -0.2) is 4.39 Å². The number of benzene rings is 2. The Labute approximate surface area is 140 Å². The Kier molecular flexibility index (Phi) is 4.81. The molecule has 24 heavy (non-hydrogen) atoms. The van der Waals surface area contributed by atoms with Crippen LogP contribution in [0.5, 0.6) is 5.75 Å². The zero-order chi connectivity index (χ0) is 17.1. The lowest BCUT2D eigenvalue weighted by Crippen LogP contribution is -2.29. The minimum Gasteiger partial charge on any atom is -0.508 e. The van der Waals surface area contributed by atoms with Gasteiger partial charge in [-0.15, -0.1) is 0 Å². The lowest BCUT2D eigenvalue weighted by atomic mass is 9.97. The molecule has 3 rings (SSSR count). The molecule has 0 unspecified atom stereocenters. The number of phenolic OH excluding ortho intramolecular Hbond substituents is 1. The van der Waals surface area contributed by atoms with Crippen molar-refractivity contribution in [2.45, 2.75) is 13.5 Å². The molecule has 2 aromatic carbocycles. The third kappa shape index (κ3) is 3.74. The fourth-order valence-corrected chi connectivity index (χ4v) is 3.21. The third-order valence-corrected chi connectivity index (χ3v) is 4.48. The number of phenols is 1. The third-order valence-electron chi connectivity index (χ3n) is 4.48. The molecule has 0 aliphatic carbocycles. The highest BCUT2D eigenvalue weighted by Crippen LogP contribution is 2.27. The molecule has 1 aliphatic heterocycles. The maximum Gasteiger partial charge on any atom is 0.229 e. The molecule has 2 N–H and O–H groups in total. The Bertz CT molecular complexity index is 721. The Balaban J connectivity index is 1.63. The van der Waals surface area contributed by atoms with Gasteiger partial charge in [0.1, 0.15) is 11.6 Å². The number of halogens is 1. The van der Waals surface area contributed by atoms with Gasteiger partial charge in [-0.05, 0) is 23.6 Å². The van der Waals surface area contributed by atoms with Crippen molar-refractivity contribution in [2.24, 2.45) is 11.8 Å². The van der Waals surface area contributed by atoms with Crippen molar-refractivity contribution in [3.8, 4) is 5.75 Å². The highest BCUT2D eigenvalue weighted by atomic mass is 19.1. The molecule has 2 aromatic rings. The van der Waals surface area contributed by atoms with Crippen LogP contribution in [0.1, 0.15) is 12.5 Å². The van der Waals surface area contributed by atoms with E-state index in [-0.39, 0.29) is 29.2 Å². The Morgan fingerprint density at radius 1 is 1.25 bits per heavy atom.